The smallest absolute Gasteiger partial charge is 0.258 e. The minimum absolute atomic E-state index is 0.0941. The van der Waals surface area contributed by atoms with Gasteiger partial charge in [0.2, 0.25) is 17.4 Å². The molecule has 4 rings (SSSR count). The molecule has 0 saturated heterocycles. The Labute approximate surface area is 149 Å². The molecule has 5 nitrogen and oxygen atoms in total. The molecule has 0 bridgehead atoms. The number of fused-ring (bicyclic) bond motifs is 1. The molecule has 4 aromatic rings. The second kappa shape index (κ2) is 6.29. The van der Waals surface area contributed by atoms with Gasteiger partial charge in [0.25, 0.3) is 5.91 Å². The molecule has 0 saturated carbocycles. The highest BCUT2D eigenvalue weighted by molar-refractivity contribution is 6.04. The molecule has 0 radical (unpaired) electrons. The standard InChI is InChI=1S/C21H15NO4/c23-17-18(24)21(22-20(25)14-7-2-1-3-8-14)26-19(17)16-11-10-13-6-4-5-9-15(13)12-16/h1-12,23-24H,(H,22,25). The van der Waals surface area contributed by atoms with Crippen molar-refractivity contribution in [1.29, 1.82) is 0 Å². The summed E-state index contributed by atoms with van der Waals surface area (Å²) in [5.74, 6) is -1.46. The predicted octanol–water partition coefficient (Wildman–Crippen LogP) is 4.76. The average molecular weight is 345 g/mol. The van der Waals surface area contributed by atoms with Crippen LogP contribution < -0.4 is 5.32 Å². The summed E-state index contributed by atoms with van der Waals surface area (Å²) in [5.41, 5.74) is 1.01. The Morgan fingerprint density at radius 3 is 2.27 bits per heavy atom. The molecule has 3 aromatic carbocycles. The van der Waals surface area contributed by atoms with Crippen LogP contribution in [0.15, 0.2) is 77.2 Å². The van der Waals surface area contributed by atoms with Crippen LogP contribution in [0.25, 0.3) is 22.1 Å². The van der Waals surface area contributed by atoms with Crippen LogP contribution >= 0.6 is 0 Å². The molecule has 0 atom stereocenters. The van der Waals surface area contributed by atoms with E-state index in [4.69, 9.17) is 4.42 Å². The first kappa shape index (κ1) is 15.8. The number of aromatic hydroxyl groups is 2. The molecule has 1 aromatic heterocycles. The van der Waals surface area contributed by atoms with Crippen molar-refractivity contribution >= 4 is 22.6 Å². The summed E-state index contributed by atoms with van der Waals surface area (Å²) < 4.78 is 5.54. The zero-order valence-corrected chi connectivity index (χ0v) is 13.6. The summed E-state index contributed by atoms with van der Waals surface area (Å²) in [7, 11) is 0. The third-order valence-electron chi connectivity index (χ3n) is 4.13. The van der Waals surface area contributed by atoms with E-state index in [0.717, 1.165) is 10.8 Å². The number of hydrogen-bond acceptors (Lipinski definition) is 4. The number of hydrogen-bond donors (Lipinski definition) is 3. The van der Waals surface area contributed by atoms with Gasteiger partial charge in [0.05, 0.1) is 0 Å². The van der Waals surface area contributed by atoms with Crippen LogP contribution in [-0.2, 0) is 0 Å². The Morgan fingerprint density at radius 1 is 0.808 bits per heavy atom. The molecular formula is C21H15NO4. The average Bonchev–Trinajstić information content (AvgIpc) is 2.96. The second-order valence-corrected chi connectivity index (χ2v) is 5.84. The maximum absolute atomic E-state index is 12.2. The van der Waals surface area contributed by atoms with Crippen LogP contribution in [0, 0.1) is 0 Å². The number of carbonyl (C=O) groups is 1. The minimum atomic E-state index is -0.502. The summed E-state index contributed by atoms with van der Waals surface area (Å²) >= 11 is 0. The Bertz CT molecular complexity index is 1100. The molecule has 0 spiro atoms. The van der Waals surface area contributed by atoms with Crippen LogP contribution in [-0.4, -0.2) is 16.1 Å². The van der Waals surface area contributed by atoms with E-state index in [1.54, 1.807) is 36.4 Å². The highest BCUT2D eigenvalue weighted by Crippen LogP contribution is 2.45. The lowest BCUT2D eigenvalue weighted by Crippen LogP contribution is -2.10. The Hall–Kier alpha value is -3.73. The summed E-state index contributed by atoms with van der Waals surface area (Å²) in [6, 6.07) is 21.8. The topological polar surface area (TPSA) is 82.7 Å². The third kappa shape index (κ3) is 2.75. The van der Waals surface area contributed by atoms with E-state index < -0.39 is 17.4 Å². The first-order chi connectivity index (χ1) is 12.6. The monoisotopic (exact) mass is 345 g/mol. The van der Waals surface area contributed by atoms with Gasteiger partial charge in [-0.3, -0.25) is 10.1 Å². The van der Waals surface area contributed by atoms with Crippen LogP contribution in [0.1, 0.15) is 10.4 Å². The van der Waals surface area contributed by atoms with Crippen molar-refractivity contribution in [2.75, 3.05) is 5.32 Å². The molecule has 128 valence electrons. The zero-order chi connectivity index (χ0) is 18.1. The van der Waals surface area contributed by atoms with Crippen molar-refractivity contribution < 1.29 is 19.4 Å². The van der Waals surface area contributed by atoms with Gasteiger partial charge in [-0.2, -0.15) is 0 Å². The number of furan rings is 1. The normalized spacial score (nSPS) is 10.8. The maximum Gasteiger partial charge on any atom is 0.258 e. The van der Waals surface area contributed by atoms with E-state index in [9.17, 15) is 15.0 Å². The molecule has 0 aliphatic heterocycles. The fraction of sp³-hybridized carbons (Fsp3) is 0. The van der Waals surface area contributed by atoms with E-state index in [1.165, 1.54) is 0 Å². The van der Waals surface area contributed by atoms with Crippen molar-refractivity contribution in [2.24, 2.45) is 0 Å². The highest BCUT2D eigenvalue weighted by Gasteiger charge is 2.22. The van der Waals surface area contributed by atoms with Gasteiger partial charge in [-0.25, -0.2) is 0 Å². The minimum Gasteiger partial charge on any atom is -0.502 e. The molecule has 1 heterocycles. The molecular weight excluding hydrogens is 330 g/mol. The lowest BCUT2D eigenvalue weighted by molar-refractivity contribution is 0.102. The zero-order valence-electron chi connectivity index (χ0n) is 13.6. The molecule has 0 unspecified atom stereocenters. The van der Waals surface area contributed by atoms with Crippen molar-refractivity contribution in [3.63, 3.8) is 0 Å². The lowest BCUT2D eigenvalue weighted by atomic mass is 10.1. The van der Waals surface area contributed by atoms with E-state index in [1.807, 2.05) is 36.4 Å². The Kier molecular flexibility index (Phi) is 3.82. The maximum atomic E-state index is 12.2. The molecule has 3 N–H and O–H groups in total. The van der Waals surface area contributed by atoms with Crippen molar-refractivity contribution in [3.8, 4) is 22.8 Å². The van der Waals surface area contributed by atoms with E-state index in [-0.39, 0.29) is 11.6 Å². The van der Waals surface area contributed by atoms with Crippen molar-refractivity contribution in [1.82, 2.24) is 0 Å². The van der Waals surface area contributed by atoms with Gasteiger partial charge in [-0.1, -0.05) is 54.6 Å². The first-order valence-electron chi connectivity index (χ1n) is 8.04. The lowest BCUT2D eigenvalue weighted by Gasteiger charge is -2.02. The van der Waals surface area contributed by atoms with Gasteiger partial charge in [0.1, 0.15) is 0 Å². The second-order valence-electron chi connectivity index (χ2n) is 5.84. The fourth-order valence-electron chi connectivity index (χ4n) is 2.79. The Balaban J connectivity index is 1.70. The molecule has 26 heavy (non-hydrogen) atoms. The third-order valence-corrected chi connectivity index (χ3v) is 4.13. The van der Waals surface area contributed by atoms with Crippen LogP contribution in [0.2, 0.25) is 0 Å². The van der Waals surface area contributed by atoms with E-state index in [0.29, 0.717) is 11.1 Å². The van der Waals surface area contributed by atoms with Gasteiger partial charge in [-0.05, 0) is 29.0 Å². The van der Waals surface area contributed by atoms with Gasteiger partial charge in [-0.15, -0.1) is 0 Å². The molecule has 1 amide bonds. The van der Waals surface area contributed by atoms with Crippen molar-refractivity contribution in [2.45, 2.75) is 0 Å². The van der Waals surface area contributed by atoms with Crippen LogP contribution in [0.5, 0.6) is 11.5 Å². The molecule has 5 heteroatoms. The highest BCUT2D eigenvalue weighted by atomic mass is 16.4. The fourth-order valence-corrected chi connectivity index (χ4v) is 2.79. The summed E-state index contributed by atoms with van der Waals surface area (Å²) in [4.78, 5) is 12.2. The summed E-state index contributed by atoms with van der Waals surface area (Å²) in [6.45, 7) is 0. The quantitative estimate of drug-likeness (QED) is 0.500. The molecule has 0 aliphatic carbocycles. The number of amides is 1. The summed E-state index contributed by atoms with van der Waals surface area (Å²) in [5, 5.41) is 24.9. The summed E-state index contributed by atoms with van der Waals surface area (Å²) in [6.07, 6.45) is 0. The van der Waals surface area contributed by atoms with Crippen LogP contribution in [0.4, 0.5) is 5.88 Å². The molecule has 0 fully saturated rings. The number of benzene rings is 3. The number of anilines is 1. The number of nitrogens with one attached hydrogen (secondary N) is 1. The van der Waals surface area contributed by atoms with E-state index in [2.05, 4.69) is 5.32 Å². The van der Waals surface area contributed by atoms with Gasteiger partial charge < -0.3 is 14.6 Å². The SMILES string of the molecule is O=C(Nc1oc(-c2ccc3ccccc3c2)c(O)c1O)c1ccccc1. The van der Waals surface area contributed by atoms with E-state index >= 15 is 0 Å². The number of carbonyl (C=O) groups excluding carboxylic acids is 1. The van der Waals surface area contributed by atoms with Gasteiger partial charge in [0.15, 0.2) is 5.76 Å². The predicted molar refractivity (Wildman–Crippen MR) is 99.4 cm³/mol. The Morgan fingerprint density at radius 2 is 1.50 bits per heavy atom. The number of rotatable bonds is 3. The van der Waals surface area contributed by atoms with Gasteiger partial charge in [0, 0.05) is 11.1 Å². The van der Waals surface area contributed by atoms with Crippen molar-refractivity contribution in [3.05, 3.63) is 78.4 Å². The largest absolute Gasteiger partial charge is 0.502 e. The first-order valence-corrected chi connectivity index (χ1v) is 8.04. The molecule has 0 aliphatic rings. The van der Waals surface area contributed by atoms with Gasteiger partial charge >= 0.3 is 0 Å². The van der Waals surface area contributed by atoms with Crippen LogP contribution in [0.3, 0.4) is 0 Å².